The van der Waals surface area contributed by atoms with Gasteiger partial charge in [0.15, 0.2) is 5.60 Å². The lowest BCUT2D eigenvalue weighted by Crippen LogP contribution is -2.57. The van der Waals surface area contributed by atoms with Crippen molar-refractivity contribution in [2.75, 3.05) is 60.7 Å². The van der Waals surface area contributed by atoms with Gasteiger partial charge >= 0.3 is 12.1 Å². The molecular weight excluding hydrogens is 691 g/mol. The average molecular weight is 746 g/mol. The van der Waals surface area contributed by atoms with Crippen LogP contribution < -0.4 is 10.1 Å². The Balaban J connectivity index is 1.33. The molecule has 1 amide bonds. The van der Waals surface area contributed by atoms with E-state index in [-0.39, 0.29) is 55.5 Å². The van der Waals surface area contributed by atoms with E-state index in [9.17, 15) is 23.1 Å². The molecule has 2 N–H and O–H groups in total. The van der Waals surface area contributed by atoms with Gasteiger partial charge in [-0.3, -0.25) is 14.5 Å². The van der Waals surface area contributed by atoms with E-state index in [1.54, 1.807) is 21.3 Å². The van der Waals surface area contributed by atoms with E-state index in [4.69, 9.17) is 18.9 Å². The molecule has 0 bridgehead atoms. The number of nitrogens with one attached hydrogen (secondary N) is 1. The number of carbonyl (C=O) groups is 2. The minimum absolute atomic E-state index is 0.161. The molecule has 0 aromatic heterocycles. The molecule has 1 saturated carbocycles. The second kappa shape index (κ2) is 16.6. The second-order valence-electron chi connectivity index (χ2n) is 15.1. The summed E-state index contributed by atoms with van der Waals surface area (Å²) in [6.45, 7) is 4.63. The quantitative estimate of drug-likeness (QED) is 0.271. The van der Waals surface area contributed by atoms with Crippen molar-refractivity contribution in [3.63, 3.8) is 0 Å². The minimum Gasteiger partial charge on any atom is -0.497 e. The number of alkyl halides is 3. The van der Waals surface area contributed by atoms with Gasteiger partial charge < -0.3 is 34.3 Å². The summed E-state index contributed by atoms with van der Waals surface area (Å²) in [5.41, 5.74) is 0.0852. The van der Waals surface area contributed by atoms with Crippen LogP contribution >= 0.6 is 0 Å². The largest absolute Gasteiger partial charge is 0.497 e. The summed E-state index contributed by atoms with van der Waals surface area (Å²) in [7, 11) is 4.80. The highest BCUT2D eigenvalue weighted by Gasteiger charge is 2.58. The molecule has 3 saturated heterocycles. The lowest BCUT2D eigenvalue weighted by molar-refractivity contribution is -0.157. The summed E-state index contributed by atoms with van der Waals surface area (Å²) < 4.78 is 65.6. The van der Waals surface area contributed by atoms with E-state index in [1.807, 2.05) is 36.1 Å². The van der Waals surface area contributed by atoms with Crippen molar-refractivity contribution in [1.29, 1.82) is 0 Å². The molecule has 4 fully saturated rings. The predicted molar refractivity (Wildman–Crippen MR) is 192 cm³/mol. The Morgan fingerprint density at radius 1 is 0.962 bits per heavy atom. The normalized spacial score (nSPS) is 31.2. The first kappa shape index (κ1) is 39.5. The van der Waals surface area contributed by atoms with Gasteiger partial charge in [0.05, 0.1) is 37.3 Å². The van der Waals surface area contributed by atoms with Gasteiger partial charge in [0.25, 0.3) is 5.91 Å². The number of carboxylic acids is 1. The summed E-state index contributed by atoms with van der Waals surface area (Å²) in [6, 6.07) is 10.9. The standard InChI is InChI=1S/C40H54F3N3O7/c1-5-53-32-13-9-29(10-14-32)45-22-35(25-6-11-31(51-3)12-7-25)39(24-45,52-4)38(49)46-21-27(18-30(46)23-50-2)33-15-8-28(40(41,42)43)20-34(33)36-19-26(37(47)48)16-17-44-36/h6-8,11-12,15,20,26-27,29-30,32,35-36,44H,5,9-10,13-14,16-19,21-24H2,1-4H3,(H,47,48)/t26?,27-,29-,30+,32-,35+,36?,39+/m1/s1. The topological polar surface area (TPSA) is 110 Å². The van der Waals surface area contributed by atoms with Gasteiger partial charge in [-0.05, 0) is 99.4 Å². The zero-order valence-corrected chi connectivity index (χ0v) is 31.2. The molecule has 3 heterocycles. The number of ether oxygens (including phenoxy) is 4. The molecule has 2 unspecified atom stereocenters. The highest BCUT2D eigenvalue weighted by molar-refractivity contribution is 5.88. The van der Waals surface area contributed by atoms with Gasteiger partial charge in [-0.1, -0.05) is 18.2 Å². The number of benzene rings is 2. The molecule has 10 nitrogen and oxygen atoms in total. The van der Waals surface area contributed by atoms with Crippen LogP contribution in [0.2, 0.25) is 0 Å². The zero-order valence-electron chi connectivity index (χ0n) is 31.2. The van der Waals surface area contributed by atoms with Crippen molar-refractivity contribution < 1.29 is 46.8 Å². The number of nitrogens with zero attached hydrogens (tertiary/aromatic N) is 2. The maximum atomic E-state index is 15.3. The third kappa shape index (κ3) is 8.24. The van der Waals surface area contributed by atoms with Crippen LogP contribution in [0.3, 0.4) is 0 Å². The summed E-state index contributed by atoms with van der Waals surface area (Å²) in [4.78, 5) is 31.5. The monoisotopic (exact) mass is 745 g/mol. The van der Waals surface area contributed by atoms with Crippen LogP contribution in [0.1, 0.15) is 92.0 Å². The molecular formula is C40H54F3N3O7. The molecule has 2 aromatic carbocycles. The highest BCUT2D eigenvalue weighted by Crippen LogP contribution is 2.46. The number of rotatable bonds is 12. The Morgan fingerprint density at radius 3 is 2.32 bits per heavy atom. The van der Waals surface area contributed by atoms with E-state index in [2.05, 4.69) is 10.2 Å². The van der Waals surface area contributed by atoms with Crippen molar-refractivity contribution >= 4 is 11.9 Å². The SMILES string of the molecule is CCO[C@H]1CC[C@H](N2C[C@@H](c3ccc(OC)cc3)[C@](OC)(C(=O)N3C[C@H](c4ccc(C(F)(F)F)cc4C4CC(C(=O)O)CCN4)C[C@H]3COC)C2)CC1. The number of likely N-dealkylation sites (tertiary alicyclic amines) is 2. The molecule has 1 aliphatic carbocycles. The number of methoxy groups -OCH3 is 3. The number of carboxylic acid groups (broad SMARTS) is 1. The van der Waals surface area contributed by atoms with Crippen molar-refractivity contribution in [3.05, 3.63) is 64.7 Å². The van der Waals surface area contributed by atoms with E-state index < -0.39 is 35.3 Å². The Labute approximate surface area is 310 Å². The fourth-order valence-electron chi connectivity index (χ4n) is 9.46. The highest BCUT2D eigenvalue weighted by atomic mass is 19.4. The molecule has 292 valence electrons. The number of amides is 1. The van der Waals surface area contributed by atoms with E-state index in [1.165, 1.54) is 12.1 Å². The molecule has 4 aliphatic rings. The smallest absolute Gasteiger partial charge is 0.416 e. The van der Waals surface area contributed by atoms with Crippen molar-refractivity contribution in [2.45, 2.75) is 99.7 Å². The average Bonchev–Trinajstić information content (AvgIpc) is 3.77. The molecule has 2 aromatic rings. The summed E-state index contributed by atoms with van der Waals surface area (Å²) in [5.74, 6) is -1.66. The molecule has 53 heavy (non-hydrogen) atoms. The van der Waals surface area contributed by atoms with E-state index >= 15 is 4.79 Å². The molecule has 6 atom stereocenters. The summed E-state index contributed by atoms with van der Waals surface area (Å²) in [6.07, 6.45) is 0.571. The van der Waals surface area contributed by atoms with E-state index in [0.29, 0.717) is 56.0 Å². The van der Waals surface area contributed by atoms with Gasteiger partial charge in [-0.25, -0.2) is 0 Å². The van der Waals surface area contributed by atoms with Gasteiger partial charge in [0, 0.05) is 64.4 Å². The predicted octanol–water partition coefficient (Wildman–Crippen LogP) is 6.00. The van der Waals surface area contributed by atoms with Gasteiger partial charge in [0.1, 0.15) is 5.75 Å². The third-order valence-electron chi connectivity index (χ3n) is 12.2. The van der Waals surface area contributed by atoms with Crippen molar-refractivity contribution in [2.24, 2.45) is 5.92 Å². The Morgan fingerprint density at radius 2 is 1.70 bits per heavy atom. The Hall–Kier alpha value is -3.23. The first-order chi connectivity index (χ1) is 25.4. The fraction of sp³-hybridized carbons (Fsp3) is 0.650. The summed E-state index contributed by atoms with van der Waals surface area (Å²) >= 11 is 0. The van der Waals surface area contributed by atoms with Crippen molar-refractivity contribution in [3.8, 4) is 5.75 Å². The molecule has 3 aliphatic heterocycles. The van der Waals surface area contributed by atoms with Crippen LogP contribution in [0.5, 0.6) is 5.75 Å². The van der Waals surface area contributed by atoms with Gasteiger partial charge in [-0.2, -0.15) is 13.2 Å². The first-order valence-corrected chi connectivity index (χ1v) is 18.9. The Bertz CT molecular complexity index is 1570. The van der Waals surface area contributed by atoms with Crippen LogP contribution in [0.4, 0.5) is 13.2 Å². The van der Waals surface area contributed by atoms with E-state index in [0.717, 1.165) is 37.3 Å². The second-order valence-corrected chi connectivity index (χ2v) is 15.1. The molecule has 0 radical (unpaired) electrons. The number of halogens is 3. The number of piperidine rings is 1. The minimum atomic E-state index is -4.57. The number of aliphatic carboxylic acids is 1. The number of hydrogen-bond acceptors (Lipinski definition) is 8. The Kier molecular flexibility index (Phi) is 12.4. The number of carbonyl (C=O) groups excluding carboxylic acids is 1. The van der Waals surface area contributed by atoms with Crippen LogP contribution in [-0.2, 0) is 30.0 Å². The third-order valence-corrected chi connectivity index (χ3v) is 12.2. The van der Waals surface area contributed by atoms with Crippen LogP contribution in [0.25, 0.3) is 0 Å². The molecule has 0 spiro atoms. The van der Waals surface area contributed by atoms with Gasteiger partial charge in [-0.15, -0.1) is 0 Å². The first-order valence-electron chi connectivity index (χ1n) is 18.9. The van der Waals surface area contributed by atoms with Crippen LogP contribution in [0, 0.1) is 5.92 Å². The zero-order chi connectivity index (χ0) is 37.9. The number of hydrogen-bond donors (Lipinski definition) is 2. The van der Waals surface area contributed by atoms with Crippen LogP contribution in [-0.4, -0.2) is 111 Å². The lowest BCUT2D eigenvalue weighted by Gasteiger charge is -2.39. The molecule has 6 rings (SSSR count). The fourth-order valence-corrected chi connectivity index (χ4v) is 9.46. The maximum absolute atomic E-state index is 15.3. The summed E-state index contributed by atoms with van der Waals surface area (Å²) in [5, 5.41) is 13.1. The van der Waals surface area contributed by atoms with Crippen LogP contribution in [0.15, 0.2) is 42.5 Å². The maximum Gasteiger partial charge on any atom is 0.416 e. The lowest BCUT2D eigenvalue weighted by atomic mass is 9.82. The molecule has 13 heteroatoms. The van der Waals surface area contributed by atoms with Crippen molar-refractivity contribution in [1.82, 2.24) is 15.1 Å². The van der Waals surface area contributed by atoms with Gasteiger partial charge in [0.2, 0.25) is 0 Å².